The second-order valence-corrected chi connectivity index (χ2v) is 6.05. The number of nitrogens with one attached hydrogen (secondary N) is 2. The fourth-order valence-electron chi connectivity index (χ4n) is 2.84. The van der Waals surface area contributed by atoms with E-state index in [1.807, 2.05) is 24.3 Å². The van der Waals surface area contributed by atoms with Crippen LogP contribution in [0.4, 0.5) is 10.1 Å². The van der Waals surface area contributed by atoms with Crippen LogP contribution in [0.25, 0.3) is 0 Å². The summed E-state index contributed by atoms with van der Waals surface area (Å²) < 4.78 is 13.7. The highest BCUT2D eigenvalue weighted by atomic mass is 35.5. The van der Waals surface area contributed by atoms with E-state index in [2.05, 4.69) is 10.6 Å². The molecular weight excluding hydrogens is 331 g/mol. The lowest BCUT2D eigenvalue weighted by Crippen LogP contribution is -2.28. The molecule has 1 heterocycles. The van der Waals surface area contributed by atoms with Gasteiger partial charge in [-0.1, -0.05) is 35.9 Å². The molecule has 1 atom stereocenters. The van der Waals surface area contributed by atoms with E-state index < -0.39 is 5.82 Å². The SMILES string of the molecule is O=C(Cc1c(F)cccc1Cl)NCCC1C(=O)Nc2ccccc21. The number of hydrogen-bond acceptors (Lipinski definition) is 2. The number of rotatable bonds is 5. The van der Waals surface area contributed by atoms with Crippen LogP contribution in [-0.4, -0.2) is 18.4 Å². The van der Waals surface area contributed by atoms with E-state index >= 15 is 0 Å². The molecular formula is C18H16ClFN2O2. The molecule has 0 aliphatic carbocycles. The summed E-state index contributed by atoms with van der Waals surface area (Å²) in [5.41, 5.74) is 1.94. The first-order chi connectivity index (χ1) is 11.6. The number of hydrogen-bond donors (Lipinski definition) is 2. The van der Waals surface area contributed by atoms with E-state index in [0.29, 0.717) is 13.0 Å². The molecule has 2 N–H and O–H groups in total. The summed E-state index contributed by atoms with van der Waals surface area (Å²) in [6.45, 7) is 0.331. The molecule has 124 valence electrons. The van der Waals surface area contributed by atoms with Crippen molar-refractivity contribution in [3.05, 3.63) is 64.4 Å². The van der Waals surface area contributed by atoms with Gasteiger partial charge in [0.1, 0.15) is 5.82 Å². The zero-order chi connectivity index (χ0) is 17.1. The molecule has 0 aromatic heterocycles. The van der Waals surface area contributed by atoms with Gasteiger partial charge in [0.15, 0.2) is 0 Å². The van der Waals surface area contributed by atoms with Gasteiger partial charge in [-0.3, -0.25) is 9.59 Å². The molecule has 0 saturated carbocycles. The van der Waals surface area contributed by atoms with Gasteiger partial charge in [-0.05, 0) is 30.2 Å². The van der Waals surface area contributed by atoms with E-state index in [1.54, 1.807) is 6.07 Å². The predicted octanol–water partition coefficient (Wildman–Crippen LogP) is 3.26. The molecule has 0 fully saturated rings. The van der Waals surface area contributed by atoms with Gasteiger partial charge in [0.2, 0.25) is 11.8 Å². The molecule has 6 heteroatoms. The normalized spacial score (nSPS) is 15.8. The van der Waals surface area contributed by atoms with Gasteiger partial charge < -0.3 is 10.6 Å². The van der Waals surface area contributed by atoms with Crippen LogP contribution >= 0.6 is 11.6 Å². The molecule has 2 amide bonds. The van der Waals surface area contributed by atoms with Crippen LogP contribution in [0.5, 0.6) is 0 Å². The smallest absolute Gasteiger partial charge is 0.232 e. The highest BCUT2D eigenvalue weighted by Crippen LogP contribution is 2.33. The molecule has 1 aliphatic rings. The highest BCUT2D eigenvalue weighted by molar-refractivity contribution is 6.31. The Bertz CT molecular complexity index is 774. The lowest BCUT2D eigenvalue weighted by Gasteiger charge is -2.11. The summed E-state index contributed by atoms with van der Waals surface area (Å²) in [5, 5.41) is 5.77. The summed E-state index contributed by atoms with van der Waals surface area (Å²) in [5.74, 6) is -1.17. The number of fused-ring (bicyclic) bond motifs is 1. The predicted molar refractivity (Wildman–Crippen MR) is 90.6 cm³/mol. The molecule has 0 radical (unpaired) electrons. The summed E-state index contributed by atoms with van der Waals surface area (Å²) in [7, 11) is 0. The quantitative estimate of drug-likeness (QED) is 0.873. The topological polar surface area (TPSA) is 58.2 Å². The Morgan fingerprint density at radius 2 is 2.00 bits per heavy atom. The zero-order valence-electron chi connectivity index (χ0n) is 12.8. The maximum absolute atomic E-state index is 13.7. The Hall–Kier alpha value is -2.40. The molecule has 4 nitrogen and oxygen atoms in total. The van der Waals surface area contributed by atoms with Crippen molar-refractivity contribution < 1.29 is 14.0 Å². The number of anilines is 1. The van der Waals surface area contributed by atoms with Crippen molar-refractivity contribution in [2.75, 3.05) is 11.9 Å². The molecule has 3 rings (SSSR count). The fourth-order valence-corrected chi connectivity index (χ4v) is 3.07. The van der Waals surface area contributed by atoms with Crippen LogP contribution in [0, 0.1) is 5.82 Å². The summed E-state index contributed by atoms with van der Waals surface area (Å²) in [4.78, 5) is 24.0. The number of benzene rings is 2. The average Bonchev–Trinajstić information content (AvgIpc) is 2.87. The van der Waals surface area contributed by atoms with Gasteiger partial charge in [0.25, 0.3) is 0 Å². The molecule has 1 aliphatic heterocycles. The molecule has 0 spiro atoms. The molecule has 1 unspecified atom stereocenters. The van der Waals surface area contributed by atoms with Crippen LogP contribution in [-0.2, 0) is 16.0 Å². The minimum absolute atomic E-state index is 0.0670. The number of carbonyl (C=O) groups is 2. The first-order valence-electron chi connectivity index (χ1n) is 7.65. The van der Waals surface area contributed by atoms with Gasteiger partial charge in [-0.25, -0.2) is 4.39 Å². The van der Waals surface area contributed by atoms with Gasteiger partial charge >= 0.3 is 0 Å². The second-order valence-electron chi connectivity index (χ2n) is 5.64. The largest absolute Gasteiger partial charge is 0.356 e. The van der Waals surface area contributed by atoms with E-state index in [0.717, 1.165) is 11.3 Å². The summed E-state index contributed by atoms with van der Waals surface area (Å²) in [6.07, 6.45) is 0.360. The Morgan fingerprint density at radius 3 is 2.79 bits per heavy atom. The van der Waals surface area contributed by atoms with Crippen LogP contribution in [0.3, 0.4) is 0 Å². The van der Waals surface area contributed by atoms with Crippen molar-refractivity contribution in [3.8, 4) is 0 Å². The van der Waals surface area contributed by atoms with Gasteiger partial charge in [0.05, 0.1) is 12.3 Å². The van der Waals surface area contributed by atoms with Gasteiger partial charge in [0, 0.05) is 22.8 Å². The van der Waals surface area contributed by atoms with E-state index in [9.17, 15) is 14.0 Å². The standard InChI is InChI=1S/C18H16ClFN2O2/c19-14-5-3-6-15(20)13(14)10-17(23)21-9-8-12-11-4-1-2-7-16(11)22-18(12)24/h1-7,12H,8-10H2,(H,21,23)(H,22,24). The highest BCUT2D eigenvalue weighted by Gasteiger charge is 2.29. The summed E-state index contributed by atoms with van der Waals surface area (Å²) in [6, 6.07) is 11.8. The van der Waals surface area contributed by atoms with Crippen molar-refractivity contribution in [1.82, 2.24) is 5.32 Å². The van der Waals surface area contributed by atoms with E-state index in [-0.39, 0.29) is 34.7 Å². The maximum atomic E-state index is 13.7. The molecule has 2 aromatic carbocycles. The third kappa shape index (κ3) is 3.41. The Morgan fingerprint density at radius 1 is 1.21 bits per heavy atom. The van der Waals surface area contributed by atoms with Crippen LogP contribution in [0.2, 0.25) is 5.02 Å². The minimum Gasteiger partial charge on any atom is -0.356 e. The Labute approximate surface area is 144 Å². The lowest BCUT2D eigenvalue weighted by molar-refractivity contribution is -0.121. The van der Waals surface area contributed by atoms with Crippen molar-refractivity contribution in [2.45, 2.75) is 18.8 Å². The Balaban J connectivity index is 1.55. The first kappa shape index (κ1) is 16.5. The third-order valence-electron chi connectivity index (χ3n) is 4.06. The number of carbonyl (C=O) groups excluding carboxylic acids is 2. The van der Waals surface area contributed by atoms with Crippen molar-refractivity contribution in [2.24, 2.45) is 0 Å². The summed E-state index contributed by atoms with van der Waals surface area (Å²) >= 11 is 5.91. The van der Waals surface area contributed by atoms with Crippen LogP contribution in [0.1, 0.15) is 23.5 Å². The monoisotopic (exact) mass is 346 g/mol. The fraction of sp³-hybridized carbons (Fsp3) is 0.222. The van der Waals surface area contributed by atoms with Gasteiger partial charge in [-0.2, -0.15) is 0 Å². The molecule has 2 aromatic rings. The van der Waals surface area contributed by atoms with Crippen molar-refractivity contribution in [1.29, 1.82) is 0 Å². The number of para-hydroxylation sites is 1. The van der Waals surface area contributed by atoms with E-state index in [4.69, 9.17) is 11.6 Å². The van der Waals surface area contributed by atoms with E-state index in [1.165, 1.54) is 12.1 Å². The zero-order valence-corrected chi connectivity index (χ0v) is 13.6. The third-order valence-corrected chi connectivity index (χ3v) is 4.42. The Kier molecular flexibility index (Phi) is 4.81. The maximum Gasteiger partial charge on any atom is 0.232 e. The molecule has 0 saturated heterocycles. The van der Waals surface area contributed by atoms with Gasteiger partial charge in [-0.15, -0.1) is 0 Å². The second kappa shape index (κ2) is 7.01. The van der Waals surface area contributed by atoms with Crippen LogP contribution in [0.15, 0.2) is 42.5 Å². The number of halogens is 2. The minimum atomic E-state index is -0.498. The van der Waals surface area contributed by atoms with Crippen molar-refractivity contribution in [3.63, 3.8) is 0 Å². The van der Waals surface area contributed by atoms with Crippen molar-refractivity contribution >= 4 is 29.1 Å². The average molecular weight is 347 g/mol. The van der Waals surface area contributed by atoms with Crippen LogP contribution < -0.4 is 10.6 Å². The lowest BCUT2D eigenvalue weighted by atomic mass is 9.97. The first-order valence-corrected chi connectivity index (χ1v) is 8.03. The molecule has 24 heavy (non-hydrogen) atoms. The number of amides is 2. The molecule has 0 bridgehead atoms.